The number of nitro benzene ring substituents is 1. The highest BCUT2D eigenvalue weighted by atomic mass is 19.1. The number of amides is 1. The van der Waals surface area contributed by atoms with Gasteiger partial charge in [0.1, 0.15) is 11.6 Å². The van der Waals surface area contributed by atoms with Gasteiger partial charge in [-0.25, -0.2) is 4.39 Å². The van der Waals surface area contributed by atoms with E-state index >= 15 is 0 Å². The molecule has 148 valence electrons. The summed E-state index contributed by atoms with van der Waals surface area (Å²) in [7, 11) is 0. The number of Topliss-reactive ketones (excluding diaryl/α,β-unsaturated/α-hetero) is 1. The van der Waals surface area contributed by atoms with Gasteiger partial charge in [0.25, 0.3) is 17.4 Å². The van der Waals surface area contributed by atoms with Crippen LogP contribution in [0.2, 0.25) is 0 Å². The van der Waals surface area contributed by atoms with Gasteiger partial charge in [-0.15, -0.1) is 0 Å². The van der Waals surface area contributed by atoms with Crippen LogP contribution in [0.5, 0.6) is 0 Å². The van der Waals surface area contributed by atoms with E-state index in [9.17, 15) is 39.1 Å². The maximum atomic E-state index is 14.4. The topological polar surface area (TPSA) is 141 Å². The number of ketones is 1. The number of carboxylic acid groups (broad SMARTS) is 1. The number of carbonyl (C=O) groups is 3. The molecule has 1 amide bonds. The lowest BCUT2D eigenvalue weighted by Crippen LogP contribution is -2.40. The van der Waals surface area contributed by atoms with Crippen molar-refractivity contribution in [1.82, 2.24) is 4.90 Å². The zero-order chi connectivity index (χ0) is 21.3. The van der Waals surface area contributed by atoms with E-state index in [0.29, 0.717) is 4.90 Å². The van der Waals surface area contributed by atoms with Crippen LogP contribution >= 0.6 is 0 Å². The van der Waals surface area contributed by atoms with Crippen molar-refractivity contribution in [3.8, 4) is 0 Å². The second-order valence-corrected chi connectivity index (χ2v) is 6.12. The number of halogens is 1. The predicted molar refractivity (Wildman–Crippen MR) is 93.5 cm³/mol. The molecule has 1 heterocycles. The van der Waals surface area contributed by atoms with Gasteiger partial charge in [0.05, 0.1) is 29.1 Å². The molecule has 0 aromatic heterocycles. The number of aliphatic hydroxyl groups excluding tert-OH is 1. The predicted octanol–water partition coefficient (Wildman–Crippen LogP) is 0.905. The molecule has 1 aliphatic heterocycles. The maximum absolute atomic E-state index is 14.4. The van der Waals surface area contributed by atoms with Crippen LogP contribution < -0.4 is 5.11 Å². The third-order valence-electron chi connectivity index (χ3n) is 4.39. The van der Waals surface area contributed by atoms with Crippen LogP contribution in [0.4, 0.5) is 10.1 Å². The SMILES string of the molecule is O=C([O-])CN1C(=O)C(=O)C(=C(O)c2ccc([N+](=O)[O-])cc2)[C@H]1c1ccccc1F. The van der Waals surface area contributed by atoms with Gasteiger partial charge in [-0.3, -0.25) is 19.7 Å². The molecule has 29 heavy (non-hydrogen) atoms. The smallest absolute Gasteiger partial charge is 0.295 e. The number of hydrogen-bond acceptors (Lipinski definition) is 7. The molecule has 0 saturated carbocycles. The summed E-state index contributed by atoms with van der Waals surface area (Å²) in [5.74, 6) is -5.67. The maximum Gasteiger partial charge on any atom is 0.295 e. The highest BCUT2D eigenvalue weighted by Crippen LogP contribution is 2.40. The summed E-state index contributed by atoms with van der Waals surface area (Å²) < 4.78 is 14.4. The second-order valence-electron chi connectivity index (χ2n) is 6.12. The third kappa shape index (κ3) is 3.55. The molecule has 0 aliphatic carbocycles. The van der Waals surface area contributed by atoms with E-state index < -0.39 is 52.3 Å². The van der Waals surface area contributed by atoms with E-state index in [4.69, 9.17) is 0 Å². The molecule has 9 nitrogen and oxygen atoms in total. The van der Waals surface area contributed by atoms with E-state index in [1.54, 1.807) is 0 Å². The Balaban J connectivity index is 2.20. The fourth-order valence-corrected chi connectivity index (χ4v) is 3.10. The van der Waals surface area contributed by atoms with Gasteiger partial charge in [-0.2, -0.15) is 0 Å². The summed E-state index contributed by atoms with van der Waals surface area (Å²) in [5.41, 5.74) is -1.04. The van der Waals surface area contributed by atoms with E-state index in [0.717, 1.165) is 30.3 Å². The number of non-ortho nitro benzene ring substituents is 1. The molecule has 1 N–H and O–H groups in total. The molecular formula is C19H12FN2O7-. The molecule has 0 unspecified atom stereocenters. The third-order valence-corrected chi connectivity index (χ3v) is 4.39. The molecule has 2 aromatic carbocycles. The van der Waals surface area contributed by atoms with Crippen LogP contribution in [0.3, 0.4) is 0 Å². The number of hydrogen-bond donors (Lipinski definition) is 1. The summed E-state index contributed by atoms with van der Waals surface area (Å²) in [6, 6.07) is 8.02. The summed E-state index contributed by atoms with van der Waals surface area (Å²) in [6.45, 7) is -0.999. The minimum Gasteiger partial charge on any atom is -0.548 e. The Kier molecular flexibility index (Phi) is 5.09. The van der Waals surface area contributed by atoms with Crippen LogP contribution in [-0.2, 0) is 14.4 Å². The Bertz CT molecular complexity index is 1060. The number of aliphatic hydroxyl groups is 1. The minimum atomic E-state index is -1.68. The molecule has 1 saturated heterocycles. The molecule has 1 atom stereocenters. The zero-order valence-corrected chi connectivity index (χ0v) is 14.6. The van der Waals surface area contributed by atoms with E-state index in [2.05, 4.69) is 0 Å². The number of likely N-dealkylation sites (tertiary alicyclic amines) is 1. The first-order valence-electron chi connectivity index (χ1n) is 8.20. The van der Waals surface area contributed by atoms with Crippen molar-refractivity contribution < 1.29 is 33.9 Å². The molecular weight excluding hydrogens is 387 g/mol. The first-order valence-corrected chi connectivity index (χ1v) is 8.20. The molecule has 10 heteroatoms. The van der Waals surface area contributed by atoms with Gasteiger partial charge < -0.3 is 19.9 Å². The lowest BCUT2D eigenvalue weighted by Gasteiger charge is -2.25. The van der Waals surface area contributed by atoms with E-state index in [1.165, 1.54) is 18.2 Å². The summed E-state index contributed by atoms with van der Waals surface area (Å²) in [5, 5.41) is 32.5. The van der Waals surface area contributed by atoms with Crippen molar-refractivity contribution in [2.75, 3.05) is 6.54 Å². The van der Waals surface area contributed by atoms with Crippen LogP contribution in [-0.4, -0.2) is 39.1 Å². The number of aliphatic carboxylic acids is 1. The standard InChI is InChI=1S/C19H13FN2O7/c20-13-4-2-1-3-12(13)16-15(18(26)19(27)21(16)9-14(23)24)17(25)10-5-7-11(8-6-10)22(28)29/h1-8,16,25H,9H2,(H,23,24)/p-1/t16-/m1/s1. The molecule has 1 aliphatic rings. The van der Waals surface area contributed by atoms with Gasteiger partial charge in [0.15, 0.2) is 0 Å². The van der Waals surface area contributed by atoms with Gasteiger partial charge in [-0.05, 0) is 18.2 Å². The van der Waals surface area contributed by atoms with Crippen molar-refractivity contribution in [3.05, 3.63) is 81.2 Å². The number of carbonyl (C=O) groups excluding carboxylic acids is 3. The number of rotatable bonds is 5. The lowest BCUT2D eigenvalue weighted by atomic mass is 9.95. The average Bonchev–Trinajstić information content (AvgIpc) is 2.92. The van der Waals surface area contributed by atoms with Crippen molar-refractivity contribution in [1.29, 1.82) is 0 Å². The lowest BCUT2D eigenvalue weighted by molar-refractivity contribution is -0.384. The fourth-order valence-electron chi connectivity index (χ4n) is 3.10. The van der Waals surface area contributed by atoms with Gasteiger partial charge in [0, 0.05) is 23.3 Å². The second kappa shape index (κ2) is 7.50. The number of carboxylic acids is 1. The monoisotopic (exact) mass is 399 g/mol. The number of benzene rings is 2. The highest BCUT2D eigenvalue weighted by Gasteiger charge is 2.46. The summed E-state index contributed by atoms with van der Waals surface area (Å²) in [4.78, 5) is 46.6. The number of nitrogens with zero attached hydrogens (tertiary/aromatic N) is 2. The Hall–Kier alpha value is -4.08. The Morgan fingerprint density at radius 3 is 2.31 bits per heavy atom. The van der Waals surface area contributed by atoms with Crippen molar-refractivity contribution in [2.24, 2.45) is 0 Å². The average molecular weight is 399 g/mol. The molecule has 0 radical (unpaired) electrons. The van der Waals surface area contributed by atoms with Gasteiger partial charge in [-0.1, -0.05) is 18.2 Å². The van der Waals surface area contributed by atoms with E-state index in [1.807, 2.05) is 0 Å². The Morgan fingerprint density at radius 1 is 1.14 bits per heavy atom. The van der Waals surface area contributed by atoms with Gasteiger partial charge >= 0.3 is 0 Å². The Labute approximate surface area is 162 Å². The van der Waals surface area contributed by atoms with Crippen LogP contribution in [0.15, 0.2) is 54.1 Å². The van der Waals surface area contributed by atoms with Crippen molar-refractivity contribution in [2.45, 2.75) is 6.04 Å². The Morgan fingerprint density at radius 2 is 1.76 bits per heavy atom. The molecule has 0 spiro atoms. The quantitative estimate of drug-likeness (QED) is 0.259. The van der Waals surface area contributed by atoms with Crippen molar-refractivity contribution >= 4 is 29.1 Å². The van der Waals surface area contributed by atoms with Crippen LogP contribution in [0.25, 0.3) is 5.76 Å². The zero-order valence-electron chi connectivity index (χ0n) is 14.6. The summed E-state index contributed by atoms with van der Waals surface area (Å²) >= 11 is 0. The number of nitro groups is 1. The van der Waals surface area contributed by atoms with Gasteiger partial charge in [0.2, 0.25) is 0 Å². The first-order chi connectivity index (χ1) is 13.7. The minimum absolute atomic E-state index is 0.0385. The molecule has 0 bridgehead atoms. The largest absolute Gasteiger partial charge is 0.548 e. The molecule has 2 aromatic rings. The first kappa shape index (κ1) is 19.7. The highest BCUT2D eigenvalue weighted by molar-refractivity contribution is 6.46. The molecule has 1 fully saturated rings. The fraction of sp³-hybridized carbons (Fsp3) is 0.105. The molecule has 3 rings (SSSR count). The van der Waals surface area contributed by atoms with Crippen molar-refractivity contribution in [3.63, 3.8) is 0 Å². The van der Waals surface area contributed by atoms with Crippen LogP contribution in [0.1, 0.15) is 17.2 Å². The van der Waals surface area contributed by atoms with E-state index in [-0.39, 0.29) is 16.8 Å². The summed E-state index contributed by atoms with van der Waals surface area (Å²) in [6.07, 6.45) is 0. The normalized spacial score (nSPS) is 18.1. The van der Waals surface area contributed by atoms with Crippen LogP contribution in [0, 0.1) is 15.9 Å².